The molecule has 1 amide bonds. The quantitative estimate of drug-likeness (QED) is 0.886. The van der Waals surface area contributed by atoms with E-state index in [1.54, 1.807) is 0 Å². The molecular weight excluding hydrogens is 298 g/mol. The Labute approximate surface area is 144 Å². The summed E-state index contributed by atoms with van der Waals surface area (Å²) in [5, 5.41) is 3.10. The molecule has 1 unspecified atom stereocenters. The summed E-state index contributed by atoms with van der Waals surface area (Å²) in [6.45, 7) is 6.12. The predicted molar refractivity (Wildman–Crippen MR) is 96.7 cm³/mol. The van der Waals surface area contributed by atoms with Crippen LogP contribution in [0.15, 0.2) is 42.7 Å². The van der Waals surface area contributed by atoms with Gasteiger partial charge < -0.3 is 9.88 Å². The van der Waals surface area contributed by atoms with Crippen molar-refractivity contribution in [2.75, 3.05) is 19.6 Å². The minimum absolute atomic E-state index is 0.123. The number of nitrogens with zero attached hydrogens (tertiary/aromatic N) is 2. The third-order valence-corrected chi connectivity index (χ3v) is 4.70. The Morgan fingerprint density at radius 1 is 1.29 bits per heavy atom. The molecule has 1 aromatic carbocycles. The molecule has 0 radical (unpaired) electrons. The predicted octanol–water partition coefficient (Wildman–Crippen LogP) is 2.51. The van der Waals surface area contributed by atoms with Gasteiger partial charge in [0.25, 0.3) is 0 Å². The Kier molecular flexibility index (Phi) is 5.36. The Balaban J connectivity index is 1.40. The summed E-state index contributed by atoms with van der Waals surface area (Å²) in [5.74, 6) is 0.688. The molecule has 24 heavy (non-hydrogen) atoms. The first-order chi connectivity index (χ1) is 11.6. The second-order valence-electron chi connectivity index (χ2n) is 7.04. The summed E-state index contributed by atoms with van der Waals surface area (Å²) >= 11 is 0. The van der Waals surface area contributed by atoms with Gasteiger partial charge in [0.15, 0.2) is 0 Å². The smallest absolute Gasteiger partial charge is 0.224 e. The summed E-state index contributed by atoms with van der Waals surface area (Å²) < 4.78 is 1.97. The van der Waals surface area contributed by atoms with Gasteiger partial charge in [-0.15, -0.1) is 0 Å². The first-order valence-corrected chi connectivity index (χ1v) is 8.74. The summed E-state index contributed by atoms with van der Waals surface area (Å²) in [5.41, 5.74) is 3.77. The molecule has 3 rings (SSSR count). The van der Waals surface area contributed by atoms with Crippen LogP contribution in [-0.2, 0) is 24.8 Å². The maximum absolute atomic E-state index is 12.1. The van der Waals surface area contributed by atoms with Crippen LogP contribution in [0.5, 0.6) is 0 Å². The third kappa shape index (κ3) is 4.71. The molecule has 2 aromatic rings. The zero-order valence-corrected chi connectivity index (χ0v) is 14.7. The maximum Gasteiger partial charge on any atom is 0.224 e. The lowest BCUT2D eigenvalue weighted by Crippen LogP contribution is -2.31. The Morgan fingerprint density at radius 3 is 2.92 bits per heavy atom. The van der Waals surface area contributed by atoms with E-state index in [2.05, 4.69) is 41.4 Å². The van der Waals surface area contributed by atoms with Gasteiger partial charge in [0.05, 0.1) is 6.42 Å². The number of rotatable bonds is 6. The van der Waals surface area contributed by atoms with E-state index < -0.39 is 0 Å². The lowest BCUT2D eigenvalue weighted by Gasteiger charge is -2.16. The van der Waals surface area contributed by atoms with Gasteiger partial charge in [-0.05, 0) is 43.0 Å². The second kappa shape index (κ2) is 7.67. The summed E-state index contributed by atoms with van der Waals surface area (Å²) in [6, 6.07) is 10.7. The number of nitrogens with one attached hydrogen (secondary N) is 1. The number of benzene rings is 1. The largest absolute Gasteiger partial charge is 0.357 e. The van der Waals surface area contributed by atoms with Crippen molar-refractivity contribution in [1.82, 2.24) is 14.8 Å². The van der Waals surface area contributed by atoms with E-state index in [1.807, 2.05) is 30.1 Å². The molecule has 1 aliphatic heterocycles. The molecule has 1 aliphatic rings. The highest BCUT2D eigenvalue weighted by molar-refractivity contribution is 5.78. The van der Waals surface area contributed by atoms with Crippen molar-refractivity contribution in [2.24, 2.45) is 13.0 Å². The van der Waals surface area contributed by atoms with Crippen molar-refractivity contribution in [3.05, 3.63) is 59.4 Å². The fourth-order valence-corrected chi connectivity index (χ4v) is 3.46. The standard InChI is InChI=1S/C20H27N3O/c1-16-4-3-5-17(10-16)14-23-9-7-19(15-23)12-21-20(24)11-18-6-8-22(2)13-18/h3-6,8,10,13,19H,7,9,11-12,14-15H2,1-2H3,(H,21,24). The molecule has 0 spiro atoms. The molecule has 2 heterocycles. The Morgan fingerprint density at radius 2 is 2.17 bits per heavy atom. The normalized spacial score (nSPS) is 18.0. The van der Waals surface area contributed by atoms with Crippen LogP contribution in [0.25, 0.3) is 0 Å². The molecule has 1 fully saturated rings. The van der Waals surface area contributed by atoms with Gasteiger partial charge in [-0.25, -0.2) is 0 Å². The van der Waals surface area contributed by atoms with Crippen LogP contribution in [0.1, 0.15) is 23.1 Å². The third-order valence-electron chi connectivity index (χ3n) is 4.70. The fraction of sp³-hybridized carbons (Fsp3) is 0.450. The van der Waals surface area contributed by atoms with Crippen LogP contribution in [0.4, 0.5) is 0 Å². The number of carbonyl (C=O) groups excluding carboxylic acids is 1. The molecule has 0 saturated carbocycles. The average Bonchev–Trinajstić information content (AvgIpc) is 3.14. The highest BCUT2D eigenvalue weighted by Gasteiger charge is 2.22. The summed E-state index contributed by atoms with van der Waals surface area (Å²) in [6.07, 6.45) is 5.61. The van der Waals surface area contributed by atoms with Crippen LogP contribution < -0.4 is 5.32 Å². The second-order valence-corrected chi connectivity index (χ2v) is 7.04. The molecule has 1 N–H and O–H groups in total. The van der Waals surface area contributed by atoms with Gasteiger partial charge in [0.1, 0.15) is 0 Å². The van der Waals surface area contributed by atoms with E-state index in [0.717, 1.165) is 38.2 Å². The fourth-order valence-electron chi connectivity index (χ4n) is 3.46. The monoisotopic (exact) mass is 325 g/mol. The Bertz CT molecular complexity index is 692. The number of aryl methyl sites for hydroxylation is 2. The number of likely N-dealkylation sites (tertiary alicyclic amines) is 1. The van der Waals surface area contributed by atoms with Crippen molar-refractivity contribution in [3.63, 3.8) is 0 Å². The van der Waals surface area contributed by atoms with Crippen molar-refractivity contribution in [3.8, 4) is 0 Å². The first kappa shape index (κ1) is 16.8. The van der Waals surface area contributed by atoms with Crippen molar-refractivity contribution < 1.29 is 4.79 Å². The topological polar surface area (TPSA) is 37.3 Å². The lowest BCUT2D eigenvalue weighted by atomic mass is 10.1. The van der Waals surface area contributed by atoms with Crippen molar-refractivity contribution >= 4 is 5.91 Å². The molecule has 4 heteroatoms. The van der Waals surface area contributed by atoms with E-state index in [1.165, 1.54) is 11.1 Å². The van der Waals surface area contributed by atoms with Gasteiger partial charge in [-0.2, -0.15) is 0 Å². The minimum atomic E-state index is 0.123. The lowest BCUT2D eigenvalue weighted by molar-refractivity contribution is -0.120. The molecule has 0 aliphatic carbocycles. The zero-order chi connectivity index (χ0) is 16.9. The van der Waals surface area contributed by atoms with Gasteiger partial charge in [0.2, 0.25) is 5.91 Å². The molecular formula is C20H27N3O. The van der Waals surface area contributed by atoms with E-state index in [9.17, 15) is 4.79 Å². The molecule has 1 atom stereocenters. The summed E-state index contributed by atoms with van der Waals surface area (Å²) in [4.78, 5) is 14.5. The van der Waals surface area contributed by atoms with Crippen molar-refractivity contribution in [1.29, 1.82) is 0 Å². The Hall–Kier alpha value is -2.07. The molecule has 128 valence electrons. The van der Waals surface area contributed by atoms with Gasteiger partial charge >= 0.3 is 0 Å². The summed E-state index contributed by atoms with van der Waals surface area (Å²) in [7, 11) is 1.97. The molecule has 0 bridgehead atoms. The van der Waals surface area contributed by atoms with Crippen LogP contribution in [-0.4, -0.2) is 35.0 Å². The van der Waals surface area contributed by atoms with Crippen LogP contribution >= 0.6 is 0 Å². The molecule has 4 nitrogen and oxygen atoms in total. The zero-order valence-electron chi connectivity index (χ0n) is 14.7. The first-order valence-electron chi connectivity index (χ1n) is 8.74. The van der Waals surface area contributed by atoms with E-state index in [0.29, 0.717) is 12.3 Å². The number of carbonyl (C=O) groups is 1. The number of hydrogen-bond acceptors (Lipinski definition) is 2. The van der Waals surface area contributed by atoms with E-state index in [-0.39, 0.29) is 5.91 Å². The number of aromatic nitrogens is 1. The van der Waals surface area contributed by atoms with Crippen LogP contribution in [0, 0.1) is 12.8 Å². The minimum Gasteiger partial charge on any atom is -0.357 e. The van der Waals surface area contributed by atoms with Gasteiger partial charge in [-0.3, -0.25) is 9.69 Å². The van der Waals surface area contributed by atoms with Crippen LogP contribution in [0.2, 0.25) is 0 Å². The SMILES string of the molecule is Cc1cccc(CN2CCC(CNC(=O)Cc3ccn(C)c3)C2)c1. The molecule has 1 aromatic heterocycles. The number of hydrogen-bond donors (Lipinski definition) is 1. The number of amides is 1. The highest BCUT2D eigenvalue weighted by Crippen LogP contribution is 2.18. The van der Waals surface area contributed by atoms with Crippen molar-refractivity contribution in [2.45, 2.75) is 26.3 Å². The maximum atomic E-state index is 12.1. The highest BCUT2D eigenvalue weighted by atomic mass is 16.1. The van der Waals surface area contributed by atoms with Gasteiger partial charge in [0, 0.05) is 39.1 Å². The van der Waals surface area contributed by atoms with Crippen LogP contribution in [0.3, 0.4) is 0 Å². The molecule has 1 saturated heterocycles. The van der Waals surface area contributed by atoms with Gasteiger partial charge in [-0.1, -0.05) is 29.8 Å². The van der Waals surface area contributed by atoms with E-state index in [4.69, 9.17) is 0 Å². The van der Waals surface area contributed by atoms with E-state index >= 15 is 0 Å². The average molecular weight is 325 g/mol.